The van der Waals surface area contributed by atoms with Crippen LogP contribution in [0.1, 0.15) is 11.1 Å². The van der Waals surface area contributed by atoms with Crippen molar-refractivity contribution in [1.29, 1.82) is 0 Å². The molecule has 0 aromatic heterocycles. The smallest absolute Gasteiger partial charge is 0.748 e. The first-order chi connectivity index (χ1) is 14.4. The van der Waals surface area contributed by atoms with Crippen LogP contribution in [0.2, 0.25) is 0 Å². The Morgan fingerprint density at radius 3 is 1.15 bits per heavy atom. The second-order valence-corrected chi connectivity index (χ2v) is 9.68. The van der Waals surface area contributed by atoms with Gasteiger partial charge in [0.15, 0.2) is 0 Å². The van der Waals surface area contributed by atoms with Crippen LogP contribution in [0.5, 0.6) is 0 Å². The molecule has 0 heterocycles. The first-order valence-electron chi connectivity index (χ1n) is 9.17. The summed E-state index contributed by atoms with van der Waals surface area (Å²) in [5.74, 6) is 0. The molecule has 4 aromatic rings. The molecule has 164 valence electrons. The van der Waals surface area contributed by atoms with E-state index in [4.69, 9.17) is 25.9 Å². The zero-order valence-corrected chi connectivity index (χ0v) is 24.7. The molecule has 0 aliphatic carbocycles. The maximum atomic E-state index is 9.08. The molecule has 6 nitrogen and oxygen atoms in total. The van der Waals surface area contributed by atoms with Crippen molar-refractivity contribution in [2.45, 2.75) is 6.42 Å². The SMILES string of the molecule is CS(=O)(=O)[O-].CS(=O)(=O)[O-].[Na+].[Na+].c1ccc2c(Cc3cccc4ccccc34)cccc2c1. The zero-order chi connectivity index (χ0) is 23.1. The topological polar surface area (TPSA) is 114 Å². The van der Waals surface area contributed by atoms with Crippen LogP contribution in [0, 0.1) is 0 Å². The van der Waals surface area contributed by atoms with Gasteiger partial charge in [-0.25, -0.2) is 16.8 Å². The van der Waals surface area contributed by atoms with E-state index in [-0.39, 0.29) is 59.1 Å². The van der Waals surface area contributed by atoms with Crippen LogP contribution in [-0.4, -0.2) is 38.5 Å². The molecule has 0 atom stereocenters. The fourth-order valence-corrected chi connectivity index (χ4v) is 3.10. The quantitative estimate of drug-likeness (QED) is 0.229. The average molecular weight is 505 g/mol. The Labute approximate surface area is 239 Å². The molecule has 0 bridgehead atoms. The van der Waals surface area contributed by atoms with Gasteiger partial charge in [0.1, 0.15) is 0 Å². The van der Waals surface area contributed by atoms with Gasteiger partial charge in [0.25, 0.3) is 0 Å². The van der Waals surface area contributed by atoms with Crippen molar-refractivity contribution in [2.24, 2.45) is 0 Å². The first-order valence-corrected chi connectivity index (χ1v) is 12.8. The zero-order valence-electron chi connectivity index (χ0n) is 19.1. The Kier molecular flexibility index (Phi) is 14.2. The second-order valence-electron chi connectivity index (χ2n) is 6.86. The number of hydrogen-bond donors (Lipinski definition) is 0. The normalized spacial score (nSPS) is 10.5. The number of hydrogen-bond acceptors (Lipinski definition) is 6. The molecular weight excluding hydrogens is 482 g/mol. The Hall–Kier alpha value is -0.780. The third-order valence-corrected chi connectivity index (χ3v) is 4.14. The number of benzene rings is 4. The van der Waals surface area contributed by atoms with Gasteiger partial charge in [-0.15, -0.1) is 0 Å². The van der Waals surface area contributed by atoms with E-state index in [1.54, 1.807) is 0 Å². The maximum Gasteiger partial charge on any atom is 1.00 e. The molecule has 0 saturated heterocycles. The van der Waals surface area contributed by atoms with Crippen molar-refractivity contribution in [2.75, 3.05) is 12.5 Å². The van der Waals surface area contributed by atoms with E-state index >= 15 is 0 Å². The van der Waals surface area contributed by atoms with Crippen LogP contribution in [-0.2, 0) is 26.7 Å². The van der Waals surface area contributed by atoms with Gasteiger partial charge in [-0.05, 0) is 39.1 Å². The Bertz CT molecular complexity index is 1250. The monoisotopic (exact) mass is 504 g/mol. The van der Waals surface area contributed by atoms with Gasteiger partial charge in [0.2, 0.25) is 0 Å². The fourth-order valence-electron chi connectivity index (χ4n) is 3.10. The standard InChI is InChI=1S/C21H16.2CH4O3S.2Na/c1-3-13-20-16(7-1)9-5-11-18(20)15-19-12-6-10-17-8-2-4-14-21(17)19;2*1-5(2,3)4;;/h1-14H,15H2;2*1H3,(H,2,3,4);;/q;;;2*+1/p-2. The van der Waals surface area contributed by atoms with E-state index in [9.17, 15) is 0 Å². The summed E-state index contributed by atoms with van der Waals surface area (Å²) < 4.78 is 54.5. The van der Waals surface area contributed by atoms with Gasteiger partial charge < -0.3 is 9.11 Å². The van der Waals surface area contributed by atoms with Crippen LogP contribution in [0.3, 0.4) is 0 Å². The van der Waals surface area contributed by atoms with Gasteiger partial charge in [0, 0.05) is 12.5 Å². The molecule has 0 radical (unpaired) electrons. The minimum atomic E-state index is -3.92. The van der Waals surface area contributed by atoms with E-state index in [1.165, 1.54) is 32.7 Å². The third-order valence-electron chi connectivity index (χ3n) is 4.14. The van der Waals surface area contributed by atoms with Crippen molar-refractivity contribution >= 4 is 41.8 Å². The maximum absolute atomic E-state index is 9.08. The predicted octanol–water partition coefficient (Wildman–Crippen LogP) is -2.09. The van der Waals surface area contributed by atoms with Crippen LogP contribution in [0.4, 0.5) is 0 Å². The summed E-state index contributed by atoms with van der Waals surface area (Å²) in [5.41, 5.74) is 2.79. The summed E-state index contributed by atoms with van der Waals surface area (Å²) >= 11 is 0. The molecule has 0 aliphatic heterocycles. The van der Waals surface area contributed by atoms with Crippen molar-refractivity contribution in [3.63, 3.8) is 0 Å². The van der Waals surface area contributed by atoms with Crippen molar-refractivity contribution in [1.82, 2.24) is 0 Å². The van der Waals surface area contributed by atoms with Crippen molar-refractivity contribution in [3.05, 3.63) is 96.1 Å². The first kappa shape index (κ1) is 32.2. The summed E-state index contributed by atoms with van der Waals surface area (Å²) in [7, 11) is -7.83. The van der Waals surface area contributed by atoms with Crippen LogP contribution in [0.25, 0.3) is 21.5 Å². The molecule has 0 unspecified atom stereocenters. The molecular formula is C23H22Na2O6S2. The van der Waals surface area contributed by atoms with E-state index < -0.39 is 20.2 Å². The molecule has 33 heavy (non-hydrogen) atoms. The minimum Gasteiger partial charge on any atom is -0.748 e. The molecule has 0 saturated carbocycles. The van der Waals surface area contributed by atoms with Crippen LogP contribution >= 0.6 is 0 Å². The molecule has 0 amide bonds. The predicted molar refractivity (Wildman–Crippen MR) is 122 cm³/mol. The molecule has 4 rings (SSSR count). The molecule has 10 heteroatoms. The third kappa shape index (κ3) is 13.0. The summed E-state index contributed by atoms with van der Waals surface area (Å²) in [5, 5.41) is 5.34. The summed E-state index contributed by atoms with van der Waals surface area (Å²) in [6.45, 7) is 0. The second kappa shape index (κ2) is 14.6. The van der Waals surface area contributed by atoms with Gasteiger partial charge >= 0.3 is 59.1 Å². The summed E-state index contributed by atoms with van der Waals surface area (Å²) in [6.07, 6.45) is 2.18. The minimum absolute atomic E-state index is 0. The van der Waals surface area contributed by atoms with E-state index in [1.807, 2.05) is 0 Å². The molecule has 4 aromatic carbocycles. The summed E-state index contributed by atoms with van der Waals surface area (Å²) in [6, 6.07) is 30.4. The number of rotatable bonds is 2. The van der Waals surface area contributed by atoms with Crippen LogP contribution < -0.4 is 59.1 Å². The van der Waals surface area contributed by atoms with Crippen molar-refractivity contribution in [3.8, 4) is 0 Å². The Morgan fingerprint density at radius 1 is 0.545 bits per heavy atom. The van der Waals surface area contributed by atoms with Crippen LogP contribution in [0.15, 0.2) is 84.9 Å². The average Bonchev–Trinajstić information content (AvgIpc) is 2.66. The fraction of sp³-hybridized carbons (Fsp3) is 0.130. The van der Waals surface area contributed by atoms with Crippen molar-refractivity contribution < 1.29 is 85.1 Å². The molecule has 0 aliphatic rings. The number of fused-ring (bicyclic) bond motifs is 2. The van der Waals surface area contributed by atoms with E-state index in [2.05, 4.69) is 84.9 Å². The largest absolute Gasteiger partial charge is 1.00 e. The van der Waals surface area contributed by atoms with Gasteiger partial charge in [-0.3, -0.25) is 0 Å². The van der Waals surface area contributed by atoms with Gasteiger partial charge in [-0.2, -0.15) is 0 Å². The van der Waals surface area contributed by atoms with Gasteiger partial charge in [-0.1, -0.05) is 84.9 Å². The molecule has 0 spiro atoms. The molecule has 0 N–H and O–H groups in total. The Morgan fingerprint density at radius 2 is 0.818 bits per heavy atom. The molecule has 0 fully saturated rings. The van der Waals surface area contributed by atoms with E-state index in [0.717, 1.165) is 6.42 Å². The summed E-state index contributed by atoms with van der Waals surface area (Å²) in [4.78, 5) is 0. The Balaban J connectivity index is 0.000000731. The van der Waals surface area contributed by atoms with E-state index in [0.29, 0.717) is 12.5 Å². The van der Waals surface area contributed by atoms with Gasteiger partial charge in [0.05, 0.1) is 20.2 Å².